The second kappa shape index (κ2) is 6.70. The van der Waals surface area contributed by atoms with Crippen LogP contribution >= 0.6 is 11.8 Å². The minimum absolute atomic E-state index is 0.148. The maximum atomic E-state index is 12.0. The molecular formula is C14H21NOS. The van der Waals surface area contributed by atoms with E-state index in [2.05, 4.69) is 20.8 Å². The smallest absolute Gasteiger partial charge is 0.281 e. The third-order valence-electron chi connectivity index (χ3n) is 3.07. The molecule has 0 aliphatic heterocycles. The molecule has 1 atom stereocenters. The highest BCUT2D eigenvalue weighted by molar-refractivity contribution is 8.12. The Kier molecular flexibility index (Phi) is 5.56. The predicted octanol–water partition coefficient (Wildman–Crippen LogP) is 4.02. The van der Waals surface area contributed by atoms with Crippen LogP contribution in [0.15, 0.2) is 30.3 Å². The Bertz CT molecular complexity index is 350. The fraction of sp³-hybridized carbons (Fsp3) is 0.500. The minimum atomic E-state index is 0.148. The molecule has 0 radical (unpaired) electrons. The molecule has 3 heteroatoms. The number of hydrogen-bond acceptors (Lipinski definition) is 2. The molecular weight excluding hydrogens is 230 g/mol. The van der Waals surface area contributed by atoms with Gasteiger partial charge in [0.2, 0.25) is 0 Å². The van der Waals surface area contributed by atoms with E-state index in [1.807, 2.05) is 42.3 Å². The van der Waals surface area contributed by atoms with E-state index in [1.54, 1.807) is 0 Å². The van der Waals surface area contributed by atoms with Gasteiger partial charge >= 0.3 is 0 Å². The zero-order valence-electron chi connectivity index (χ0n) is 11.0. The van der Waals surface area contributed by atoms with E-state index < -0.39 is 0 Å². The summed E-state index contributed by atoms with van der Waals surface area (Å²) in [6, 6.07) is 10.4. The first-order chi connectivity index (χ1) is 8.02. The van der Waals surface area contributed by atoms with Gasteiger partial charge in [-0.25, -0.2) is 0 Å². The number of carbonyl (C=O) groups excluding carboxylic acids is 1. The van der Waals surface area contributed by atoms with Gasteiger partial charge in [-0.05, 0) is 18.4 Å². The fourth-order valence-electron chi connectivity index (χ4n) is 1.43. The molecule has 1 aromatic rings. The molecule has 0 aliphatic carbocycles. The van der Waals surface area contributed by atoms with Crippen molar-refractivity contribution >= 4 is 17.0 Å². The van der Waals surface area contributed by atoms with Crippen molar-refractivity contribution in [1.29, 1.82) is 0 Å². The zero-order valence-corrected chi connectivity index (χ0v) is 11.8. The molecule has 0 bridgehead atoms. The maximum absolute atomic E-state index is 12.0. The van der Waals surface area contributed by atoms with Gasteiger partial charge < -0.3 is 4.90 Å². The summed E-state index contributed by atoms with van der Waals surface area (Å²) in [6.07, 6.45) is 0. The molecule has 1 unspecified atom stereocenters. The van der Waals surface area contributed by atoms with Gasteiger partial charge in [-0.15, -0.1) is 0 Å². The van der Waals surface area contributed by atoms with Crippen molar-refractivity contribution in [2.45, 2.75) is 32.6 Å². The normalized spacial score (nSPS) is 12.5. The summed E-state index contributed by atoms with van der Waals surface area (Å²) >= 11 is 1.37. The highest BCUT2D eigenvalue weighted by atomic mass is 32.2. The van der Waals surface area contributed by atoms with Crippen LogP contribution in [0, 0.1) is 5.92 Å². The van der Waals surface area contributed by atoms with E-state index >= 15 is 0 Å². The Morgan fingerprint density at radius 1 is 1.24 bits per heavy atom. The monoisotopic (exact) mass is 251 g/mol. The van der Waals surface area contributed by atoms with Crippen LogP contribution in [0.25, 0.3) is 0 Å². The van der Waals surface area contributed by atoms with Gasteiger partial charge in [0, 0.05) is 18.8 Å². The van der Waals surface area contributed by atoms with Gasteiger partial charge in [0.15, 0.2) is 0 Å². The number of rotatable bonds is 4. The van der Waals surface area contributed by atoms with Crippen LogP contribution in [0.3, 0.4) is 0 Å². The quantitative estimate of drug-likeness (QED) is 0.805. The van der Waals surface area contributed by atoms with Gasteiger partial charge in [-0.3, -0.25) is 4.79 Å². The summed E-state index contributed by atoms with van der Waals surface area (Å²) in [5.41, 5.74) is 1.19. The largest absolute Gasteiger partial charge is 0.334 e. The first-order valence-corrected chi connectivity index (χ1v) is 6.94. The first-order valence-electron chi connectivity index (χ1n) is 5.96. The lowest BCUT2D eigenvalue weighted by molar-refractivity contribution is 0.204. The number of benzene rings is 1. The Labute approximate surface area is 108 Å². The van der Waals surface area contributed by atoms with Crippen molar-refractivity contribution in [2.75, 3.05) is 7.05 Å². The number of hydrogen-bond donors (Lipinski definition) is 0. The SMILES string of the molecule is CC(C)C(C)N(C)C(=O)SCc1ccccc1. The molecule has 2 nitrogen and oxygen atoms in total. The first kappa shape index (κ1) is 14.1. The van der Waals surface area contributed by atoms with Crippen LogP contribution in [0.5, 0.6) is 0 Å². The van der Waals surface area contributed by atoms with Crippen molar-refractivity contribution in [3.63, 3.8) is 0 Å². The fourth-order valence-corrected chi connectivity index (χ4v) is 2.29. The van der Waals surface area contributed by atoms with E-state index in [-0.39, 0.29) is 11.3 Å². The molecule has 1 rings (SSSR count). The highest BCUT2D eigenvalue weighted by Crippen LogP contribution is 2.18. The number of nitrogens with zero attached hydrogens (tertiary/aromatic N) is 1. The summed E-state index contributed by atoms with van der Waals surface area (Å²) in [7, 11) is 1.88. The van der Waals surface area contributed by atoms with Crippen molar-refractivity contribution in [1.82, 2.24) is 4.90 Å². The maximum Gasteiger partial charge on any atom is 0.281 e. The predicted molar refractivity (Wildman–Crippen MR) is 75.2 cm³/mol. The van der Waals surface area contributed by atoms with Crippen molar-refractivity contribution < 1.29 is 4.79 Å². The van der Waals surface area contributed by atoms with E-state index in [0.717, 1.165) is 5.75 Å². The van der Waals surface area contributed by atoms with Gasteiger partial charge in [0.05, 0.1) is 0 Å². The summed E-state index contributed by atoms with van der Waals surface area (Å²) in [5.74, 6) is 1.23. The number of carbonyl (C=O) groups is 1. The van der Waals surface area contributed by atoms with E-state index in [4.69, 9.17) is 0 Å². The topological polar surface area (TPSA) is 20.3 Å². The molecule has 94 valence electrons. The van der Waals surface area contributed by atoms with E-state index in [9.17, 15) is 4.79 Å². The molecule has 0 aliphatic rings. The molecule has 17 heavy (non-hydrogen) atoms. The van der Waals surface area contributed by atoms with E-state index in [0.29, 0.717) is 5.92 Å². The molecule has 0 N–H and O–H groups in total. The van der Waals surface area contributed by atoms with Crippen LogP contribution in [-0.4, -0.2) is 23.2 Å². The van der Waals surface area contributed by atoms with Gasteiger partial charge in [-0.1, -0.05) is 55.9 Å². The van der Waals surface area contributed by atoms with Crippen molar-refractivity contribution in [3.05, 3.63) is 35.9 Å². The van der Waals surface area contributed by atoms with Crippen LogP contribution in [0.2, 0.25) is 0 Å². The van der Waals surface area contributed by atoms with Crippen LogP contribution < -0.4 is 0 Å². The number of amides is 1. The lowest BCUT2D eigenvalue weighted by Crippen LogP contribution is -2.35. The third kappa shape index (κ3) is 4.43. The van der Waals surface area contributed by atoms with Crippen molar-refractivity contribution in [3.8, 4) is 0 Å². The lowest BCUT2D eigenvalue weighted by Gasteiger charge is -2.27. The van der Waals surface area contributed by atoms with Gasteiger partial charge in [0.1, 0.15) is 0 Å². The summed E-state index contributed by atoms with van der Waals surface area (Å²) in [6.45, 7) is 6.36. The Morgan fingerprint density at radius 2 is 1.82 bits per heavy atom. The third-order valence-corrected chi connectivity index (χ3v) is 4.08. The van der Waals surface area contributed by atoms with Gasteiger partial charge in [-0.2, -0.15) is 0 Å². The molecule has 1 aromatic carbocycles. The molecule has 0 heterocycles. The average Bonchev–Trinajstić information content (AvgIpc) is 2.35. The minimum Gasteiger partial charge on any atom is -0.334 e. The second-order valence-electron chi connectivity index (χ2n) is 4.64. The summed E-state index contributed by atoms with van der Waals surface area (Å²) < 4.78 is 0. The van der Waals surface area contributed by atoms with Gasteiger partial charge in [0.25, 0.3) is 5.24 Å². The molecule has 0 fully saturated rings. The van der Waals surface area contributed by atoms with Crippen LogP contribution in [0.1, 0.15) is 26.3 Å². The standard InChI is InChI=1S/C14H21NOS/c1-11(2)12(3)15(4)14(16)17-10-13-8-6-5-7-9-13/h5-9,11-12H,10H2,1-4H3. The summed E-state index contributed by atoms with van der Waals surface area (Å²) in [5, 5.41) is 0.148. The lowest BCUT2D eigenvalue weighted by atomic mass is 10.1. The molecule has 0 saturated heterocycles. The van der Waals surface area contributed by atoms with Crippen molar-refractivity contribution in [2.24, 2.45) is 5.92 Å². The Hall–Kier alpha value is -0.960. The van der Waals surface area contributed by atoms with Crippen LogP contribution in [-0.2, 0) is 5.75 Å². The summed E-state index contributed by atoms with van der Waals surface area (Å²) in [4.78, 5) is 13.8. The average molecular weight is 251 g/mol. The molecule has 0 aromatic heterocycles. The van der Waals surface area contributed by atoms with E-state index in [1.165, 1.54) is 17.3 Å². The Morgan fingerprint density at radius 3 is 2.35 bits per heavy atom. The highest BCUT2D eigenvalue weighted by Gasteiger charge is 2.18. The molecule has 0 saturated carbocycles. The number of thioether (sulfide) groups is 1. The zero-order chi connectivity index (χ0) is 12.8. The second-order valence-corrected chi connectivity index (χ2v) is 5.56. The molecule has 0 spiro atoms. The molecule has 1 amide bonds. The van der Waals surface area contributed by atoms with Crippen LogP contribution in [0.4, 0.5) is 4.79 Å². The Balaban J connectivity index is 2.45.